The summed E-state index contributed by atoms with van der Waals surface area (Å²) in [6.07, 6.45) is 6.13. The summed E-state index contributed by atoms with van der Waals surface area (Å²) in [7, 11) is 1.67. The highest BCUT2D eigenvalue weighted by Crippen LogP contribution is 1.89. The van der Waals surface area contributed by atoms with E-state index in [1.54, 1.807) is 25.7 Å². The Hall–Kier alpha value is -1.04. The van der Waals surface area contributed by atoms with Gasteiger partial charge in [0, 0.05) is 38.9 Å². The van der Waals surface area contributed by atoms with Crippen molar-refractivity contribution in [2.45, 2.75) is 13.0 Å². The van der Waals surface area contributed by atoms with E-state index in [0.29, 0.717) is 13.2 Å². The maximum absolute atomic E-state index is 5.33. The predicted molar refractivity (Wildman–Crippen MR) is 61.1 cm³/mol. The summed E-state index contributed by atoms with van der Waals surface area (Å²) in [5.74, 6) is 0. The summed E-state index contributed by atoms with van der Waals surface area (Å²) in [5, 5.41) is 3.28. The third-order valence-electron chi connectivity index (χ3n) is 2.00. The number of methoxy groups -OCH3 is 1. The van der Waals surface area contributed by atoms with Crippen LogP contribution in [0, 0.1) is 0 Å². The van der Waals surface area contributed by atoms with Gasteiger partial charge in [-0.15, -0.1) is 0 Å². The number of aromatic nitrogens is 2. The minimum absolute atomic E-state index is 0.660. The fourth-order valence-corrected chi connectivity index (χ4v) is 1.18. The van der Waals surface area contributed by atoms with E-state index >= 15 is 0 Å². The summed E-state index contributed by atoms with van der Waals surface area (Å²) in [5.41, 5.74) is 0.961. The number of nitrogens with zero attached hydrogens (tertiary/aromatic N) is 2. The zero-order chi connectivity index (χ0) is 11.5. The molecule has 0 amide bonds. The van der Waals surface area contributed by atoms with Crippen LogP contribution in [0.25, 0.3) is 0 Å². The summed E-state index contributed by atoms with van der Waals surface area (Å²) >= 11 is 0. The standard InChI is InChI=1S/C11H19N3O2/c1-15-7-8-16-6-2-3-12-9-11-10-13-4-5-14-11/h4-5,10,12H,2-3,6-9H2,1H3. The maximum atomic E-state index is 5.33. The van der Waals surface area contributed by atoms with Gasteiger partial charge in [-0.05, 0) is 13.0 Å². The van der Waals surface area contributed by atoms with Crippen LogP contribution in [0.15, 0.2) is 18.6 Å². The molecule has 5 nitrogen and oxygen atoms in total. The van der Waals surface area contributed by atoms with E-state index in [0.717, 1.165) is 31.8 Å². The molecule has 0 aliphatic carbocycles. The zero-order valence-electron chi connectivity index (χ0n) is 9.69. The average Bonchev–Trinajstić information content (AvgIpc) is 2.34. The van der Waals surface area contributed by atoms with Crippen molar-refractivity contribution in [3.05, 3.63) is 24.3 Å². The quantitative estimate of drug-likeness (QED) is 0.624. The van der Waals surface area contributed by atoms with E-state index in [2.05, 4.69) is 15.3 Å². The first-order valence-corrected chi connectivity index (χ1v) is 5.46. The summed E-state index contributed by atoms with van der Waals surface area (Å²) < 4.78 is 10.2. The van der Waals surface area contributed by atoms with Crippen LogP contribution < -0.4 is 5.32 Å². The van der Waals surface area contributed by atoms with Crippen LogP contribution in [-0.2, 0) is 16.0 Å². The molecule has 1 N–H and O–H groups in total. The summed E-state index contributed by atoms with van der Waals surface area (Å²) in [6, 6.07) is 0. The second-order valence-corrected chi connectivity index (χ2v) is 3.33. The third kappa shape index (κ3) is 6.44. The highest BCUT2D eigenvalue weighted by atomic mass is 16.5. The summed E-state index contributed by atoms with van der Waals surface area (Å²) in [4.78, 5) is 8.16. The number of hydrogen-bond acceptors (Lipinski definition) is 5. The molecular weight excluding hydrogens is 206 g/mol. The van der Waals surface area contributed by atoms with E-state index in [1.807, 2.05) is 0 Å². The third-order valence-corrected chi connectivity index (χ3v) is 2.00. The molecule has 0 aromatic carbocycles. The van der Waals surface area contributed by atoms with Crippen molar-refractivity contribution in [3.63, 3.8) is 0 Å². The van der Waals surface area contributed by atoms with E-state index in [-0.39, 0.29) is 0 Å². The number of nitrogens with one attached hydrogen (secondary N) is 1. The van der Waals surface area contributed by atoms with Crippen molar-refractivity contribution >= 4 is 0 Å². The first-order chi connectivity index (χ1) is 7.93. The van der Waals surface area contributed by atoms with Crippen LogP contribution >= 0.6 is 0 Å². The van der Waals surface area contributed by atoms with Crippen molar-refractivity contribution in [2.24, 2.45) is 0 Å². The van der Waals surface area contributed by atoms with Gasteiger partial charge >= 0.3 is 0 Å². The fourth-order valence-electron chi connectivity index (χ4n) is 1.18. The molecule has 0 saturated carbocycles. The Bertz CT molecular complexity index is 257. The SMILES string of the molecule is COCCOCCCNCc1cnccn1. The van der Waals surface area contributed by atoms with E-state index in [4.69, 9.17) is 9.47 Å². The molecule has 1 aromatic heterocycles. The molecule has 0 aliphatic heterocycles. The highest BCUT2D eigenvalue weighted by Gasteiger charge is 1.93. The smallest absolute Gasteiger partial charge is 0.0724 e. The van der Waals surface area contributed by atoms with Crippen molar-refractivity contribution in [1.82, 2.24) is 15.3 Å². The Morgan fingerprint density at radius 2 is 2.19 bits per heavy atom. The van der Waals surface area contributed by atoms with Gasteiger partial charge in [0.05, 0.1) is 18.9 Å². The topological polar surface area (TPSA) is 56.3 Å². The van der Waals surface area contributed by atoms with Crippen LogP contribution in [0.4, 0.5) is 0 Å². The van der Waals surface area contributed by atoms with Gasteiger partial charge in [0.15, 0.2) is 0 Å². The number of hydrogen-bond donors (Lipinski definition) is 1. The van der Waals surface area contributed by atoms with Crippen LogP contribution in [0.3, 0.4) is 0 Å². The Morgan fingerprint density at radius 1 is 1.25 bits per heavy atom. The van der Waals surface area contributed by atoms with Crippen LogP contribution in [0.5, 0.6) is 0 Å². The largest absolute Gasteiger partial charge is 0.382 e. The molecule has 16 heavy (non-hydrogen) atoms. The molecule has 0 atom stereocenters. The van der Waals surface area contributed by atoms with Crippen LogP contribution in [-0.4, -0.2) is 43.4 Å². The molecule has 1 rings (SSSR count). The van der Waals surface area contributed by atoms with E-state index < -0.39 is 0 Å². The van der Waals surface area contributed by atoms with Crippen molar-refractivity contribution in [2.75, 3.05) is 33.5 Å². The first-order valence-electron chi connectivity index (χ1n) is 5.46. The van der Waals surface area contributed by atoms with Gasteiger partial charge in [-0.2, -0.15) is 0 Å². The second kappa shape index (κ2) is 9.21. The molecule has 5 heteroatoms. The van der Waals surface area contributed by atoms with Crippen molar-refractivity contribution in [3.8, 4) is 0 Å². The van der Waals surface area contributed by atoms with Gasteiger partial charge in [-0.1, -0.05) is 0 Å². The molecule has 0 aliphatic rings. The highest BCUT2D eigenvalue weighted by molar-refractivity contribution is 4.93. The molecule has 0 radical (unpaired) electrons. The zero-order valence-corrected chi connectivity index (χ0v) is 9.69. The molecule has 0 spiro atoms. The Labute approximate surface area is 96.2 Å². The van der Waals surface area contributed by atoms with Crippen LogP contribution in [0.1, 0.15) is 12.1 Å². The molecular formula is C11H19N3O2. The lowest BCUT2D eigenvalue weighted by Crippen LogP contribution is -2.17. The van der Waals surface area contributed by atoms with Gasteiger partial charge < -0.3 is 14.8 Å². The van der Waals surface area contributed by atoms with Gasteiger partial charge in [0.2, 0.25) is 0 Å². The maximum Gasteiger partial charge on any atom is 0.0724 e. The molecule has 0 bridgehead atoms. The van der Waals surface area contributed by atoms with Crippen molar-refractivity contribution < 1.29 is 9.47 Å². The molecule has 90 valence electrons. The van der Waals surface area contributed by atoms with Gasteiger partial charge in [-0.25, -0.2) is 0 Å². The van der Waals surface area contributed by atoms with Gasteiger partial charge in [0.25, 0.3) is 0 Å². The number of rotatable bonds is 9. The van der Waals surface area contributed by atoms with Gasteiger partial charge in [-0.3, -0.25) is 9.97 Å². The summed E-state index contributed by atoms with van der Waals surface area (Å²) in [6.45, 7) is 3.76. The van der Waals surface area contributed by atoms with E-state index in [9.17, 15) is 0 Å². The molecule has 0 saturated heterocycles. The predicted octanol–water partition coefficient (Wildman–Crippen LogP) is 0.619. The lowest BCUT2D eigenvalue weighted by atomic mass is 10.4. The molecule has 1 aromatic rings. The normalized spacial score (nSPS) is 10.6. The Morgan fingerprint density at radius 3 is 2.94 bits per heavy atom. The molecule has 0 unspecified atom stereocenters. The monoisotopic (exact) mass is 225 g/mol. The molecule has 1 heterocycles. The van der Waals surface area contributed by atoms with E-state index in [1.165, 1.54) is 0 Å². The lowest BCUT2D eigenvalue weighted by Gasteiger charge is -2.05. The van der Waals surface area contributed by atoms with Crippen molar-refractivity contribution in [1.29, 1.82) is 0 Å². The Kier molecular flexibility index (Phi) is 7.49. The minimum atomic E-state index is 0.660. The second-order valence-electron chi connectivity index (χ2n) is 3.33. The average molecular weight is 225 g/mol. The Balaban J connectivity index is 1.89. The lowest BCUT2D eigenvalue weighted by molar-refractivity contribution is 0.0694. The van der Waals surface area contributed by atoms with Gasteiger partial charge in [0.1, 0.15) is 0 Å². The number of ether oxygens (including phenoxy) is 2. The fraction of sp³-hybridized carbons (Fsp3) is 0.636. The first kappa shape index (κ1) is 13.0. The van der Waals surface area contributed by atoms with Crippen LogP contribution in [0.2, 0.25) is 0 Å². The minimum Gasteiger partial charge on any atom is -0.382 e. The molecule has 0 fully saturated rings.